The molecule has 0 saturated heterocycles. The van der Waals surface area contributed by atoms with Gasteiger partial charge in [0.25, 0.3) is 0 Å². The van der Waals surface area contributed by atoms with Gasteiger partial charge in [-0.25, -0.2) is 9.67 Å². The van der Waals surface area contributed by atoms with Crippen molar-refractivity contribution in [3.05, 3.63) is 33.3 Å². The van der Waals surface area contributed by atoms with Crippen LogP contribution in [0.3, 0.4) is 0 Å². The fraction of sp³-hybridized carbons (Fsp3) is 0.417. The summed E-state index contributed by atoms with van der Waals surface area (Å²) in [6, 6.07) is 1.70. The molecule has 0 aliphatic carbocycles. The first kappa shape index (κ1) is 13.9. The average Bonchev–Trinajstić information content (AvgIpc) is 2.76. The van der Waals surface area contributed by atoms with Gasteiger partial charge >= 0.3 is 5.69 Å². The minimum absolute atomic E-state index is 0.0600. The molecule has 0 aliphatic heterocycles. The van der Waals surface area contributed by atoms with E-state index in [-0.39, 0.29) is 11.6 Å². The Balaban J connectivity index is 2.70. The van der Waals surface area contributed by atoms with Gasteiger partial charge in [-0.15, -0.1) is 0 Å². The van der Waals surface area contributed by atoms with Crippen molar-refractivity contribution < 1.29 is 4.92 Å². The SMILES string of the molecule is CCc1nn(-c2cc(C)nc(N)n2)c(CC)c1[N+](=O)[O-]. The number of hydrogen-bond acceptors (Lipinski definition) is 6. The molecule has 8 nitrogen and oxygen atoms in total. The maximum absolute atomic E-state index is 11.2. The number of nitrogens with two attached hydrogens (primary N) is 1. The van der Waals surface area contributed by atoms with E-state index in [0.29, 0.717) is 35.7 Å². The van der Waals surface area contributed by atoms with Gasteiger partial charge in [-0.1, -0.05) is 13.8 Å². The largest absolute Gasteiger partial charge is 0.368 e. The number of anilines is 1. The van der Waals surface area contributed by atoms with Crippen molar-refractivity contribution in [3.63, 3.8) is 0 Å². The minimum atomic E-state index is -0.390. The van der Waals surface area contributed by atoms with Crippen LogP contribution >= 0.6 is 0 Å². The lowest BCUT2D eigenvalue weighted by Crippen LogP contribution is -2.08. The Labute approximate surface area is 115 Å². The van der Waals surface area contributed by atoms with Crippen LogP contribution in [0.4, 0.5) is 11.6 Å². The second kappa shape index (κ2) is 5.24. The van der Waals surface area contributed by atoms with Crippen molar-refractivity contribution in [2.75, 3.05) is 5.73 Å². The molecule has 106 valence electrons. The molecule has 0 fully saturated rings. The molecule has 0 aromatic carbocycles. The molecule has 2 aromatic rings. The first-order valence-electron chi connectivity index (χ1n) is 6.34. The molecule has 0 aliphatic rings. The lowest BCUT2D eigenvalue weighted by Gasteiger charge is -2.05. The van der Waals surface area contributed by atoms with Crippen molar-refractivity contribution >= 4 is 11.6 Å². The van der Waals surface area contributed by atoms with Gasteiger partial charge in [0.1, 0.15) is 11.4 Å². The zero-order valence-electron chi connectivity index (χ0n) is 11.6. The van der Waals surface area contributed by atoms with E-state index in [4.69, 9.17) is 5.73 Å². The molecule has 0 bridgehead atoms. The normalized spacial score (nSPS) is 10.8. The summed E-state index contributed by atoms with van der Waals surface area (Å²) in [5.41, 5.74) is 7.34. The van der Waals surface area contributed by atoms with Gasteiger partial charge in [-0.3, -0.25) is 10.1 Å². The van der Waals surface area contributed by atoms with Crippen LogP contribution in [0.5, 0.6) is 0 Å². The van der Waals surface area contributed by atoms with Gasteiger partial charge in [0.15, 0.2) is 5.82 Å². The summed E-state index contributed by atoms with van der Waals surface area (Å²) < 4.78 is 1.49. The zero-order chi connectivity index (χ0) is 14.9. The number of nitrogens with zero attached hydrogens (tertiary/aromatic N) is 5. The summed E-state index contributed by atoms with van der Waals surface area (Å²) in [4.78, 5) is 18.9. The molecule has 2 heterocycles. The van der Waals surface area contributed by atoms with Gasteiger partial charge in [0, 0.05) is 11.8 Å². The lowest BCUT2D eigenvalue weighted by molar-refractivity contribution is -0.386. The van der Waals surface area contributed by atoms with E-state index in [2.05, 4.69) is 15.1 Å². The molecule has 0 radical (unpaired) electrons. The predicted octanol–water partition coefficient (Wildman–Crippen LogP) is 1.59. The Hall–Kier alpha value is -2.51. The molecule has 2 rings (SSSR count). The Kier molecular flexibility index (Phi) is 3.64. The Morgan fingerprint density at radius 1 is 1.35 bits per heavy atom. The van der Waals surface area contributed by atoms with Gasteiger partial charge in [-0.2, -0.15) is 10.1 Å². The second-order valence-corrected chi connectivity index (χ2v) is 4.34. The Morgan fingerprint density at radius 3 is 2.55 bits per heavy atom. The number of nitro groups is 1. The summed E-state index contributed by atoms with van der Waals surface area (Å²) in [5.74, 6) is 0.577. The second-order valence-electron chi connectivity index (χ2n) is 4.34. The van der Waals surface area contributed by atoms with Crippen molar-refractivity contribution in [3.8, 4) is 5.82 Å². The standard InChI is InChI=1S/C12H16N6O2/c1-4-8-11(18(19)20)9(5-2)17(16-8)10-6-7(3)14-12(13)15-10/h6H,4-5H2,1-3H3,(H2,13,14,15). The first-order valence-corrected chi connectivity index (χ1v) is 6.34. The highest BCUT2D eigenvalue weighted by atomic mass is 16.6. The van der Waals surface area contributed by atoms with E-state index >= 15 is 0 Å². The molecule has 0 spiro atoms. The predicted molar refractivity (Wildman–Crippen MR) is 73.7 cm³/mol. The molecule has 0 saturated carbocycles. The number of aryl methyl sites for hydroxylation is 2. The smallest absolute Gasteiger partial charge is 0.313 e. The van der Waals surface area contributed by atoms with Crippen LogP contribution in [-0.2, 0) is 12.8 Å². The average molecular weight is 276 g/mol. The van der Waals surface area contributed by atoms with Crippen molar-refractivity contribution in [1.82, 2.24) is 19.7 Å². The molecular formula is C12H16N6O2. The molecule has 8 heteroatoms. The fourth-order valence-electron chi connectivity index (χ4n) is 2.13. The van der Waals surface area contributed by atoms with Crippen LogP contribution < -0.4 is 5.73 Å². The van der Waals surface area contributed by atoms with Crippen molar-refractivity contribution in [2.45, 2.75) is 33.6 Å². The summed E-state index contributed by atoms with van der Waals surface area (Å²) in [5, 5.41) is 15.5. The van der Waals surface area contributed by atoms with E-state index < -0.39 is 4.92 Å². The number of rotatable bonds is 4. The highest BCUT2D eigenvalue weighted by molar-refractivity contribution is 5.45. The van der Waals surface area contributed by atoms with Gasteiger partial charge < -0.3 is 5.73 Å². The van der Waals surface area contributed by atoms with E-state index in [1.54, 1.807) is 13.0 Å². The van der Waals surface area contributed by atoms with Crippen LogP contribution in [-0.4, -0.2) is 24.7 Å². The summed E-state index contributed by atoms with van der Waals surface area (Å²) in [7, 11) is 0. The quantitative estimate of drug-likeness (QED) is 0.670. The summed E-state index contributed by atoms with van der Waals surface area (Å²) in [6.07, 6.45) is 0.960. The molecule has 0 amide bonds. The Bertz CT molecular complexity index is 644. The van der Waals surface area contributed by atoms with Gasteiger partial charge in [-0.05, 0) is 19.8 Å². The third-order valence-corrected chi connectivity index (χ3v) is 2.95. The lowest BCUT2D eigenvalue weighted by atomic mass is 10.2. The highest BCUT2D eigenvalue weighted by Gasteiger charge is 2.26. The van der Waals surface area contributed by atoms with E-state index in [1.165, 1.54) is 4.68 Å². The first-order chi connectivity index (χ1) is 9.47. The monoisotopic (exact) mass is 276 g/mol. The zero-order valence-corrected chi connectivity index (χ0v) is 11.6. The maximum Gasteiger partial charge on any atom is 0.313 e. The van der Waals surface area contributed by atoms with E-state index in [9.17, 15) is 10.1 Å². The maximum atomic E-state index is 11.2. The fourth-order valence-corrected chi connectivity index (χ4v) is 2.13. The van der Waals surface area contributed by atoms with E-state index in [0.717, 1.165) is 0 Å². The topological polar surface area (TPSA) is 113 Å². The number of hydrogen-bond donors (Lipinski definition) is 1. The van der Waals surface area contributed by atoms with Crippen molar-refractivity contribution in [2.24, 2.45) is 0 Å². The minimum Gasteiger partial charge on any atom is -0.368 e. The highest BCUT2D eigenvalue weighted by Crippen LogP contribution is 2.26. The number of aromatic nitrogens is 4. The van der Waals surface area contributed by atoms with Crippen LogP contribution in [0.2, 0.25) is 0 Å². The Morgan fingerprint density at radius 2 is 2.05 bits per heavy atom. The van der Waals surface area contributed by atoms with Crippen LogP contribution in [0.25, 0.3) is 5.82 Å². The van der Waals surface area contributed by atoms with E-state index in [1.807, 2.05) is 13.8 Å². The molecule has 2 N–H and O–H groups in total. The number of nitrogen functional groups attached to an aromatic ring is 1. The molecule has 2 aromatic heterocycles. The van der Waals surface area contributed by atoms with Crippen LogP contribution in [0.15, 0.2) is 6.07 Å². The summed E-state index contributed by atoms with van der Waals surface area (Å²) in [6.45, 7) is 5.46. The molecule has 0 unspecified atom stereocenters. The third kappa shape index (κ3) is 2.31. The molecule has 0 atom stereocenters. The van der Waals surface area contributed by atoms with Crippen LogP contribution in [0.1, 0.15) is 30.9 Å². The third-order valence-electron chi connectivity index (χ3n) is 2.95. The van der Waals surface area contributed by atoms with Crippen molar-refractivity contribution in [1.29, 1.82) is 0 Å². The molecular weight excluding hydrogens is 260 g/mol. The molecule has 20 heavy (non-hydrogen) atoms. The van der Waals surface area contributed by atoms with Gasteiger partial charge in [0.05, 0.1) is 4.92 Å². The van der Waals surface area contributed by atoms with Gasteiger partial charge in [0.2, 0.25) is 5.95 Å². The van der Waals surface area contributed by atoms with Crippen LogP contribution in [0, 0.1) is 17.0 Å². The summed E-state index contributed by atoms with van der Waals surface area (Å²) >= 11 is 0.